The Morgan fingerprint density at radius 2 is 1.36 bits per heavy atom. The SMILES string of the molecule is CCCCCCCCCc1cnc(-c2ccc(OCCC(F)CC(F)CCCC)cc2)nc1. The van der Waals surface area contributed by atoms with Crippen molar-refractivity contribution < 1.29 is 13.5 Å². The Bertz CT molecular complexity index is 737. The highest BCUT2D eigenvalue weighted by atomic mass is 19.1. The molecule has 0 radical (unpaired) electrons. The van der Waals surface area contributed by atoms with Crippen molar-refractivity contribution in [1.82, 2.24) is 9.97 Å². The van der Waals surface area contributed by atoms with Gasteiger partial charge in [0.25, 0.3) is 0 Å². The molecule has 0 aliphatic carbocycles. The third-order valence-electron chi connectivity index (χ3n) is 5.97. The van der Waals surface area contributed by atoms with Crippen LogP contribution in [0.2, 0.25) is 0 Å². The number of aromatic nitrogens is 2. The molecule has 5 heteroatoms. The molecule has 184 valence electrons. The molecular formula is C28H42F2N2O. The molecule has 0 aliphatic heterocycles. The van der Waals surface area contributed by atoms with Crippen LogP contribution in [0.25, 0.3) is 11.4 Å². The first kappa shape index (κ1) is 27.2. The van der Waals surface area contributed by atoms with E-state index in [9.17, 15) is 8.78 Å². The molecule has 0 aliphatic rings. The zero-order valence-electron chi connectivity index (χ0n) is 20.6. The van der Waals surface area contributed by atoms with Crippen LogP contribution in [0.1, 0.15) is 96.5 Å². The summed E-state index contributed by atoms with van der Waals surface area (Å²) in [7, 11) is 0. The maximum absolute atomic E-state index is 13.9. The van der Waals surface area contributed by atoms with Gasteiger partial charge in [-0.2, -0.15) is 0 Å². The Morgan fingerprint density at radius 3 is 2.03 bits per heavy atom. The number of nitrogens with zero attached hydrogens (tertiary/aromatic N) is 2. The van der Waals surface area contributed by atoms with Crippen LogP contribution >= 0.6 is 0 Å². The maximum Gasteiger partial charge on any atom is 0.159 e. The van der Waals surface area contributed by atoms with Crippen LogP contribution in [0.15, 0.2) is 36.7 Å². The molecule has 2 unspecified atom stereocenters. The van der Waals surface area contributed by atoms with E-state index in [4.69, 9.17) is 4.74 Å². The molecule has 33 heavy (non-hydrogen) atoms. The van der Waals surface area contributed by atoms with Crippen LogP contribution in [-0.4, -0.2) is 28.9 Å². The molecule has 2 rings (SSSR count). The third-order valence-corrected chi connectivity index (χ3v) is 5.97. The lowest BCUT2D eigenvalue weighted by molar-refractivity contribution is 0.175. The van der Waals surface area contributed by atoms with E-state index in [0.717, 1.165) is 24.8 Å². The summed E-state index contributed by atoms with van der Waals surface area (Å²) in [6.45, 7) is 4.50. The average molecular weight is 461 g/mol. The molecule has 0 N–H and O–H groups in total. The summed E-state index contributed by atoms with van der Waals surface area (Å²) >= 11 is 0. The second-order valence-corrected chi connectivity index (χ2v) is 9.02. The second-order valence-electron chi connectivity index (χ2n) is 9.02. The molecule has 0 saturated carbocycles. The van der Waals surface area contributed by atoms with Crippen molar-refractivity contribution in [2.45, 2.75) is 110 Å². The van der Waals surface area contributed by atoms with Crippen molar-refractivity contribution >= 4 is 0 Å². The van der Waals surface area contributed by atoms with Crippen LogP contribution in [0.3, 0.4) is 0 Å². The molecular weight excluding hydrogens is 418 g/mol. The predicted octanol–water partition coefficient (Wildman–Crippen LogP) is 8.46. The van der Waals surface area contributed by atoms with E-state index in [-0.39, 0.29) is 19.4 Å². The summed E-state index contributed by atoms with van der Waals surface area (Å²) in [5.41, 5.74) is 2.10. The molecule has 1 aromatic carbocycles. The van der Waals surface area contributed by atoms with E-state index >= 15 is 0 Å². The minimum Gasteiger partial charge on any atom is -0.493 e. The highest BCUT2D eigenvalue weighted by Crippen LogP contribution is 2.21. The summed E-state index contributed by atoms with van der Waals surface area (Å²) in [6, 6.07) is 7.51. The Labute approximate surface area is 199 Å². The van der Waals surface area contributed by atoms with Crippen LogP contribution in [-0.2, 0) is 6.42 Å². The maximum atomic E-state index is 13.9. The van der Waals surface area contributed by atoms with Gasteiger partial charge in [0.2, 0.25) is 0 Å². The summed E-state index contributed by atoms with van der Waals surface area (Å²) in [6.07, 6.45) is 14.1. The molecule has 0 saturated heterocycles. The Balaban J connectivity index is 1.68. The van der Waals surface area contributed by atoms with Gasteiger partial charge < -0.3 is 4.74 Å². The second kappa shape index (κ2) is 16.6. The smallest absolute Gasteiger partial charge is 0.159 e. The molecule has 0 amide bonds. The molecule has 0 spiro atoms. The van der Waals surface area contributed by atoms with Gasteiger partial charge in [-0.1, -0.05) is 65.2 Å². The number of hydrogen-bond acceptors (Lipinski definition) is 3. The molecule has 0 bridgehead atoms. The van der Waals surface area contributed by atoms with Crippen molar-refractivity contribution in [2.75, 3.05) is 6.61 Å². The summed E-state index contributed by atoms with van der Waals surface area (Å²) < 4.78 is 33.2. The van der Waals surface area contributed by atoms with Crippen molar-refractivity contribution in [2.24, 2.45) is 0 Å². The van der Waals surface area contributed by atoms with Crippen LogP contribution in [0.5, 0.6) is 5.75 Å². The number of unbranched alkanes of at least 4 members (excludes halogenated alkanes) is 7. The number of alkyl halides is 2. The Hall–Kier alpha value is -2.04. The highest BCUT2D eigenvalue weighted by molar-refractivity contribution is 5.55. The van der Waals surface area contributed by atoms with E-state index in [2.05, 4.69) is 16.9 Å². The molecule has 1 aromatic heterocycles. The largest absolute Gasteiger partial charge is 0.493 e. The lowest BCUT2D eigenvalue weighted by atomic mass is 10.1. The lowest BCUT2D eigenvalue weighted by Gasteiger charge is -2.13. The van der Waals surface area contributed by atoms with Crippen molar-refractivity contribution in [3.63, 3.8) is 0 Å². The van der Waals surface area contributed by atoms with Gasteiger partial charge in [0.1, 0.15) is 18.1 Å². The summed E-state index contributed by atoms with van der Waals surface area (Å²) in [5, 5.41) is 0. The number of hydrogen-bond donors (Lipinski definition) is 0. The fourth-order valence-electron chi connectivity index (χ4n) is 3.86. The van der Waals surface area contributed by atoms with Crippen LogP contribution in [0, 0.1) is 0 Å². The monoisotopic (exact) mass is 460 g/mol. The summed E-state index contributed by atoms with van der Waals surface area (Å²) in [5.74, 6) is 1.36. The van der Waals surface area contributed by atoms with Crippen molar-refractivity contribution in [3.8, 4) is 17.1 Å². The Morgan fingerprint density at radius 1 is 0.758 bits per heavy atom. The number of aryl methyl sites for hydroxylation is 1. The number of ether oxygens (including phenoxy) is 1. The van der Waals surface area contributed by atoms with E-state index in [1.165, 1.54) is 50.5 Å². The normalized spacial score (nSPS) is 13.1. The van der Waals surface area contributed by atoms with Gasteiger partial charge in [0, 0.05) is 30.8 Å². The molecule has 3 nitrogen and oxygen atoms in total. The quantitative estimate of drug-likeness (QED) is 0.209. The van der Waals surface area contributed by atoms with Gasteiger partial charge in [-0.15, -0.1) is 0 Å². The molecule has 2 atom stereocenters. The number of benzene rings is 1. The zero-order valence-corrected chi connectivity index (χ0v) is 20.6. The minimum absolute atomic E-state index is 0.0331. The number of halogens is 2. The first-order valence-electron chi connectivity index (χ1n) is 12.9. The van der Waals surface area contributed by atoms with E-state index < -0.39 is 12.3 Å². The zero-order chi connectivity index (χ0) is 23.7. The molecule has 1 heterocycles. The van der Waals surface area contributed by atoms with E-state index in [1.54, 1.807) is 0 Å². The fraction of sp³-hybridized carbons (Fsp3) is 0.643. The highest BCUT2D eigenvalue weighted by Gasteiger charge is 2.15. The first-order valence-corrected chi connectivity index (χ1v) is 12.9. The Kier molecular flexibility index (Phi) is 13.6. The van der Waals surface area contributed by atoms with Gasteiger partial charge in [-0.3, -0.25) is 0 Å². The van der Waals surface area contributed by atoms with Gasteiger partial charge in [-0.05, 0) is 49.1 Å². The predicted molar refractivity (Wildman–Crippen MR) is 133 cm³/mol. The van der Waals surface area contributed by atoms with Gasteiger partial charge in [0.05, 0.1) is 6.61 Å². The third kappa shape index (κ3) is 11.6. The van der Waals surface area contributed by atoms with Gasteiger partial charge in [0.15, 0.2) is 5.82 Å². The van der Waals surface area contributed by atoms with Gasteiger partial charge >= 0.3 is 0 Å². The number of rotatable bonds is 18. The lowest BCUT2D eigenvalue weighted by Crippen LogP contribution is -2.13. The summed E-state index contributed by atoms with van der Waals surface area (Å²) in [4.78, 5) is 9.03. The van der Waals surface area contributed by atoms with Gasteiger partial charge in [-0.25, -0.2) is 18.7 Å². The molecule has 0 fully saturated rings. The molecule has 2 aromatic rings. The van der Waals surface area contributed by atoms with Crippen LogP contribution < -0.4 is 4.74 Å². The van der Waals surface area contributed by atoms with E-state index in [0.29, 0.717) is 18.0 Å². The fourth-order valence-corrected chi connectivity index (χ4v) is 3.86. The average Bonchev–Trinajstić information content (AvgIpc) is 2.83. The standard InChI is InChI=1S/C28H42F2N2O/c1-3-5-7-8-9-10-11-12-23-21-31-28(32-22-23)24-14-16-27(17-15-24)33-19-18-26(30)20-25(29)13-6-4-2/h14-17,21-22,25-26H,3-13,18-20H2,1-2H3. The first-order chi connectivity index (χ1) is 16.1. The van der Waals surface area contributed by atoms with Crippen LogP contribution in [0.4, 0.5) is 8.78 Å². The van der Waals surface area contributed by atoms with Crippen molar-refractivity contribution in [1.29, 1.82) is 0 Å². The topological polar surface area (TPSA) is 35.0 Å². The minimum atomic E-state index is -1.16. The van der Waals surface area contributed by atoms with E-state index in [1.807, 2.05) is 43.6 Å². The van der Waals surface area contributed by atoms with Crippen molar-refractivity contribution in [3.05, 3.63) is 42.2 Å².